The van der Waals surface area contributed by atoms with Gasteiger partial charge in [-0.25, -0.2) is 9.79 Å². The highest BCUT2D eigenvalue weighted by molar-refractivity contribution is 6.31. The molecule has 2 rings (SSSR count). The monoisotopic (exact) mass is 251 g/mol. The van der Waals surface area contributed by atoms with E-state index < -0.39 is 5.97 Å². The van der Waals surface area contributed by atoms with E-state index in [9.17, 15) is 4.79 Å². The average Bonchev–Trinajstić information content (AvgIpc) is 2.68. The van der Waals surface area contributed by atoms with E-state index >= 15 is 0 Å². The quantitative estimate of drug-likeness (QED) is 0.471. The van der Waals surface area contributed by atoms with Crippen molar-refractivity contribution in [1.29, 1.82) is 0 Å². The Hall–Kier alpha value is -1.81. The molecule has 1 aliphatic rings. The van der Waals surface area contributed by atoms with Gasteiger partial charge in [-0.2, -0.15) is 0 Å². The van der Waals surface area contributed by atoms with Crippen molar-refractivity contribution in [2.24, 2.45) is 4.99 Å². The molecule has 0 atom stereocenters. The molecule has 1 heterocycles. The first-order valence-electron chi connectivity index (χ1n) is 5.09. The van der Waals surface area contributed by atoms with Gasteiger partial charge in [-0.3, -0.25) is 0 Å². The second-order valence-corrected chi connectivity index (χ2v) is 3.71. The number of carbonyl (C=O) groups is 1. The zero-order valence-corrected chi connectivity index (χ0v) is 9.90. The fourth-order valence-corrected chi connectivity index (χ4v) is 1.49. The number of rotatable bonds is 3. The third kappa shape index (κ3) is 2.65. The van der Waals surface area contributed by atoms with Crippen LogP contribution in [0.25, 0.3) is 0 Å². The van der Waals surface area contributed by atoms with Crippen LogP contribution >= 0.6 is 11.6 Å². The van der Waals surface area contributed by atoms with Crippen LogP contribution in [0.3, 0.4) is 0 Å². The van der Waals surface area contributed by atoms with E-state index in [0.717, 1.165) is 0 Å². The van der Waals surface area contributed by atoms with Crippen molar-refractivity contribution in [3.63, 3.8) is 0 Å². The molecule has 0 N–H and O–H groups in total. The number of nitrogens with zero attached hydrogens (tertiary/aromatic N) is 1. The Morgan fingerprint density at radius 2 is 2.35 bits per heavy atom. The maximum atomic E-state index is 11.4. The van der Waals surface area contributed by atoms with Gasteiger partial charge in [0.15, 0.2) is 5.70 Å². The Kier molecular flexibility index (Phi) is 3.44. The molecule has 0 saturated heterocycles. The minimum Gasteiger partial charge on any atom is -0.499 e. The lowest BCUT2D eigenvalue weighted by Gasteiger charge is -1.98. The van der Waals surface area contributed by atoms with Gasteiger partial charge in [-0.05, 0) is 25.1 Å². The number of hydrogen-bond donors (Lipinski definition) is 0. The molecule has 0 radical (unpaired) electrons. The molecule has 0 saturated carbocycles. The van der Waals surface area contributed by atoms with E-state index in [2.05, 4.69) is 4.99 Å². The van der Waals surface area contributed by atoms with Crippen LogP contribution in [-0.4, -0.2) is 18.5 Å². The van der Waals surface area contributed by atoms with E-state index in [4.69, 9.17) is 21.1 Å². The molecular formula is C12H10ClNO3. The molecule has 0 unspecified atom stereocenters. The Morgan fingerprint density at radius 1 is 1.53 bits per heavy atom. The average molecular weight is 252 g/mol. The summed E-state index contributed by atoms with van der Waals surface area (Å²) in [5.41, 5.74) is 0.813. The molecule has 0 spiro atoms. The van der Waals surface area contributed by atoms with Gasteiger partial charge in [0.05, 0.1) is 6.61 Å². The van der Waals surface area contributed by atoms with Gasteiger partial charge < -0.3 is 9.47 Å². The molecule has 5 heteroatoms. The Balaban J connectivity index is 2.27. The minimum atomic E-state index is -0.520. The number of cyclic esters (lactones) is 1. The van der Waals surface area contributed by atoms with Gasteiger partial charge in [0, 0.05) is 10.6 Å². The maximum absolute atomic E-state index is 11.4. The van der Waals surface area contributed by atoms with Crippen molar-refractivity contribution < 1.29 is 14.3 Å². The fraction of sp³-hybridized carbons (Fsp3) is 0.167. The van der Waals surface area contributed by atoms with Crippen molar-refractivity contribution in [3.8, 4) is 0 Å². The summed E-state index contributed by atoms with van der Waals surface area (Å²) < 4.78 is 10.0. The van der Waals surface area contributed by atoms with Gasteiger partial charge in [-0.15, -0.1) is 0 Å². The lowest BCUT2D eigenvalue weighted by molar-refractivity contribution is -0.130. The molecule has 0 aliphatic carbocycles. The van der Waals surface area contributed by atoms with Crippen LogP contribution in [-0.2, 0) is 14.3 Å². The summed E-state index contributed by atoms with van der Waals surface area (Å²) in [7, 11) is 0. The van der Waals surface area contributed by atoms with Crippen molar-refractivity contribution in [3.05, 3.63) is 46.8 Å². The number of ether oxygens (including phenoxy) is 2. The first-order valence-corrected chi connectivity index (χ1v) is 5.47. The van der Waals surface area contributed by atoms with Crippen LogP contribution in [0.15, 0.2) is 41.2 Å². The zero-order chi connectivity index (χ0) is 12.3. The summed E-state index contributed by atoms with van der Waals surface area (Å²) >= 11 is 5.84. The highest BCUT2D eigenvalue weighted by Gasteiger charge is 2.24. The zero-order valence-electron chi connectivity index (χ0n) is 9.14. The molecular weight excluding hydrogens is 242 g/mol. The lowest BCUT2D eigenvalue weighted by Crippen LogP contribution is -2.05. The number of hydrogen-bond acceptors (Lipinski definition) is 4. The summed E-state index contributed by atoms with van der Waals surface area (Å²) in [6, 6.07) is 6.94. The first kappa shape index (κ1) is 11.7. The van der Waals surface area contributed by atoms with Crippen molar-refractivity contribution in [2.45, 2.75) is 6.92 Å². The second-order valence-electron chi connectivity index (χ2n) is 3.28. The summed E-state index contributed by atoms with van der Waals surface area (Å²) in [6.07, 6.45) is 1.29. The largest absolute Gasteiger partial charge is 0.499 e. The Morgan fingerprint density at radius 3 is 3.06 bits per heavy atom. The van der Waals surface area contributed by atoms with Gasteiger partial charge >= 0.3 is 5.97 Å². The van der Waals surface area contributed by atoms with Gasteiger partial charge in [0.25, 0.3) is 0 Å². The van der Waals surface area contributed by atoms with E-state index in [-0.39, 0.29) is 11.6 Å². The number of halogens is 1. The first-order chi connectivity index (χ1) is 8.20. The summed E-state index contributed by atoms with van der Waals surface area (Å²) in [4.78, 5) is 15.5. The SMILES string of the molecule is CCOC=C1N=C(c2cccc(Cl)c2)OC1=O. The van der Waals surface area contributed by atoms with E-state index in [1.807, 2.05) is 6.92 Å². The van der Waals surface area contributed by atoms with Gasteiger partial charge in [0.1, 0.15) is 6.26 Å². The third-order valence-corrected chi connectivity index (χ3v) is 2.29. The molecule has 0 aromatic heterocycles. The van der Waals surface area contributed by atoms with E-state index in [1.165, 1.54) is 6.26 Å². The summed E-state index contributed by atoms with van der Waals surface area (Å²) in [6.45, 7) is 2.29. The number of esters is 1. The maximum Gasteiger partial charge on any atom is 0.367 e. The number of benzene rings is 1. The minimum absolute atomic E-state index is 0.154. The van der Waals surface area contributed by atoms with Gasteiger partial charge in [0.2, 0.25) is 5.90 Å². The Labute approximate surface area is 104 Å². The van der Waals surface area contributed by atoms with Gasteiger partial charge in [-0.1, -0.05) is 17.7 Å². The van der Waals surface area contributed by atoms with E-state index in [1.54, 1.807) is 24.3 Å². The molecule has 17 heavy (non-hydrogen) atoms. The van der Waals surface area contributed by atoms with Crippen LogP contribution in [0.2, 0.25) is 5.02 Å². The molecule has 0 amide bonds. The second kappa shape index (κ2) is 5.01. The van der Waals surface area contributed by atoms with Crippen molar-refractivity contribution in [1.82, 2.24) is 0 Å². The fourth-order valence-electron chi connectivity index (χ4n) is 1.30. The van der Waals surface area contributed by atoms with Crippen molar-refractivity contribution >= 4 is 23.5 Å². The highest BCUT2D eigenvalue weighted by atomic mass is 35.5. The normalized spacial score (nSPS) is 16.9. The van der Waals surface area contributed by atoms with Crippen LogP contribution in [0, 0.1) is 0 Å². The standard InChI is InChI=1S/C12H10ClNO3/c1-2-16-7-10-12(15)17-11(14-10)8-4-3-5-9(13)6-8/h3-7H,2H2,1H3. The lowest BCUT2D eigenvalue weighted by atomic mass is 10.2. The van der Waals surface area contributed by atoms with Crippen LogP contribution in [0.4, 0.5) is 0 Å². The van der Waals surface area contributed by atoms with Crippen LogP contribution < -0.4 is 0 Å². The molecule has 0 fully saturated rings. The predicted octanol–water partition coefficient (Wildman–Crippen LogP) is 2.52. The molecule has 1 aliphatic heterocycles. The third-order valence-electron chi connectivity index (χ3n) is 2.05. The molecule has 4 nitrogen and oxygen atoms in total. The highest BCUT2D eigenvalue weighted by Crippen LogP contribution is 2.18. The van der Waals surface area contributed by atoms with E-state index in [0.29, 0.717) is 17.2 Å². The number of carbonyl (C=O) groups excluding carboxylic acids is 1. The predicted molar refractivity (Wildman–Crippen MR) is 63.8 cm³/mol. The van der Waals surface area contributed by atoms with Crippen LogP contribution in [0.1, 0.15) is 12.5 Å². The molecule has 1 aromatic carbocycles. The molecule has 0 bridgehead atoms. The smallest absolute Gasteiger partial charge is 0.367 e. The number of aliphatic imine (C=N–C) groups is 1. The molecule has 88 valence electrons. The summed E-state index contributed by atoms with van der Waals surface area (Å²) in [5, 5.41) is 0.559. The summed E-state index contributed by atoms with van der Waals surface area (Å²) in [5.74, 6) is -0.281. The van der Waals surface area contributed by atoms with Crippen LogP contribution in [0.5, 0.6) is 0 Å². The topological polar surface area (TPSA) is 47.9 Å². The van der Waals surface area contributed by atoms with Crippen molar-refractivity contribution in [2.75, 3.05) is 6.61 Å². The Bertz CT molecular complexity index is 508. The molecule has 1 aromatic rings.